The Labute approximate surface area is 398 Å². The van der Waals surface area contributed by atoms with Crippen LogP contribution in [0.5, 0.6) is 0 Å². The van der Waals surface area contributed by atoms with Gasteiger partial charge in [-0.1, -0.05) is 28.5 Å². The summed E-state index contributed by atoms with van der Waals surface area (Å²) in [6.45, 7) is 15.2. The van der Waals surface area contributed by atoms with Crippen molar-refractivity contribution in [1.82, 2.24) is 16.0 Å². The second-order valence-electron chi connectivity index (χ2n) is 19.4. The van der Waals surface area contributed by atoms with Crippen LogP contribution in [0, 0.1) is 0 Å². The number of aliphatic hydroxyl groups is 6. The Bertz CT molecular complexity index is 1610. The van der Waals surface area contributed by atoms with Gasteiger partial charge < -0.3 is 89.6 Å². The standard InChI is InChI=1S/C42H73N3O20S2/c1-11-22-28(51)34(60-25(49)15-13-17-67-66-16-12-14-24(47)48)31(54)36(58-22)62-33-21(44-38(56)64-41(5,6)7)18-20(43-37(55)63-40(2,3)4)32(30(33)53)61-35-29(52)26(27(50)23(19-46)59-35)45-39(57)65-42(8,9)10/h20-23,26-36,46,50-54H,11-19H2,1-10H3,(H,43,55)(H,44,56)(H,45,57)(H,47,48)/t20?,21-,22?,23+,26?,27-,28+,29+,30?,31?,32-,33?,34+,35?,36+/m0/s1. The number of carboxylic acids is 1. The van der Waals surface area contributed by atoms with Crippen molar-refractivity contribution in [3.05, 3.63) is 0 Å². The maximum atomic E-state index is 13.4. The molecule has 10 N–H and O–H groups in total. The maximum Gasteiger partial charge on any atom is 0.408 e. The number of esters is 1. The molecule has 3 fully saturated rings. The zero-order chi connectivity index (χ0) is 50.6. The number of carbonyl (C=O) groups excluding carboxylic acids is 4. The number of aliphatic hydroxyl groups excluding tert-OH is 6. The molecule has 2 heterocycles. The minimum absolute atomic E-state index is 0.0497. The molecule has 0 aromatic rings. The number of amides is 3. The van der Waals surface area contributed by atoms with E-state index in [2.05, 4.69) is 16.0 Å². The van der Waals surface area contributed by atoms with Crippen LogP contribution in [0.25, 0.3) is 0 Å². The van der Waals surface area contributed by atoms with Gasteiger partial charge in [-0.2, -0.15) is 0 Å². The summed E-state index contributed by atoms with van der Waals surface area (Å²) in [5, 5.41) is 84.4. The van der Waals surface area contributed by atoms with Crippen molar-refractivity contribution in [3.8, 4) is 0 Å². The Morgan fingerprint density at radius 1 is 0.597 bits per heavy atom. The molecule has 7 unspecified atom stereocenters. The molecule has 2 aliphatic heterocycles. The average molecular weight is 1000 g/mol. The first kappa shape index (κ1) is 58.4. The first-order valence-electron chi connectivity index (χ1n) is 22.3. The van der Waals surface area contributed by atoms with E-state index in [1.54, 1.807) is 69.2 Å². The Morgan fingerprint density at radius 2 is 1.04 bits per heavy atom. The number of aliphatic carboxylic acids is 1. The van der Waals surface area contributed by atoms with Crippen molar-refractivity contribution in [2.45, 2.75) is 216 Å². The molecule has 388 valence electrons. The van der Waals surface area contributed by atoms with Gasteiger partial charge in [-0.3, -0.25) is 9.59 Å². The minimum Gasteiger partial charge on any atom is -0.481 e. The van der Waals surface area contributed by atoms with Crippen molar-refractivity contribution < 1.29 is 97.6 Å². The van der Waals surface area contributed by atoms with E-state index in [1.807, 2.05) is 0 Å². The van der Waals surface area contributed by atoms with Crippen LogP contribution in [-0.4, -0.2) is 193 Å². The van der Waals surface area contributed by atoms with Gasteiger partial charge in [0.05, 0.1) is 30.8 Å². The van der Waals surface area contributed by atoms with E-state index in [-0.39, 0.29) is 25.7 Å². The summed E-state index contributed by atoms with van der Waals surface area (Å²) in [4.78, 5) is 63.3. The van der Waals surface area contributed by atoms with Crippen LogP contribution < -0.4 is 16.0 Å². The molecule has 0 aromatic heterocycles. The van der Waals surface area contributed by atoms with Gasteiger partial charge in [0.1, 0.15) is 65.6 Å². The van der Waals surface area contributed by atoms with Crippen LogP contribution in [0.2, 0.25) is 0 Å². The zero-order valence-electron chi connectivity index (χ0n) is 39.8. The molecule has 15 atom stereocenters. The highest BCUT2D eigenvalue weighted by Crippen LogP contribution is 2.35. The van der Waals surface area contributed by atoms with Crippen molar-refractivity contribution in [3.63, 3.8) is 0 Å². The van der Waals surface area contributed by atoms with Gasteiger partial charge in [-0.25, -0.2) is 14.4 Å². The van der Waals surface area contributed by atoms with Gasteiger partial charge >= 0.3 is 30.2 Å². The van der Waals surface area contributed by atoms with E-state index in [1.165, 1.54) is 21.6 Å². The third kappa shape index (κ3) is 19.1. The summed E-state index contributed by atoms with van der Waals surface area (Å²) in [6, 6.07) is -4.21. The lowest BCUT2D eigenvalue weighted by atomic mass is 9.83. The SMILES string of the molecule is CCC1O[C@H](OC2C(O)[C@@H](OC3O[C@H](CO)[C@H](O)C(NC(=O)OC(C)(C)C)[C@H]3O)C(NC(=O)OC(C)(C)C)C[C@@H]2NC(=O)OC(C)(C)C)C(O)[C@H](OC(=O)CCCSSCCCC(=O)O)[C@@H]1O. The highest BCUT2D eigenvalue weighted by Gasteiger charge is 2.55. The fraction of sp³-hybridized carbons (Fsp3) is 0.881. The van der Waals surface area contributed by atoms with Crippen molar-refractivity contribution >= 4 is 51.8 Å². The van der Waals surface area contributed by atoms with Crippen molar-refractivity contribution in [1.29, 1.82) is 0 Å². The van der Waals surface area contributed by atoms with Crippen LogP contribution in [-0.2, 0) is 47.5 Å². The fourth-order valence-electron chi connectivity index (χ4n) is 7.26. The van der Waals surface area contributed by atoms with Crippen LogP contribution in [0.4, 0.5) is 14.4 Å². The highest BCUT2D eigenvalue weighted by atomic mass is 33.1. The largest absolute Gasteiger partial charge is 0.481 e. The van der Waals surface area contributed by atoms with E-state index in [4.69, 9.17) is 43.0 Å². The van der Waals surface area contributed by atoms with Gasteiger partial charge in [0.25, 0.3) is 0 Å². The monoisotopic (exact) mass is 1000 g/mol. The summed E-state index contributed by atoms with van der Waals surface area (Å²) in [6.07, 6.45) is -22.5. The van der Waals surface area contributed by atoms with E-state index in [9.17, 15) is 54.6 Å². The van der Waals surface area contributed by atoms with E-state index < -0.39 is 145 Å². The van der Waals surface area contributed by atoms with Crippen molar-refractivity contribution in [2.24, 2.45) is 0 Å². The first-order valence-corrected chi connectivity index (χ1v) is 24.8. The summed E-state index contributed by atoms with van der Waals surface area (Å²) >= 11 is 0. The van der Waals surface area contributed by atoms with E-state index in [0.29, 0.717) is 24.3 Å². The average Bonchev–Trinajstić information content (AvgIpc) is 3.18. The van der Waals surface area contributed by atoms with Gasteiger partial charge in [0, 0.05) is 24.3 Å². The summed E-state index contributed by atoms with van der Waals surface area (Å²) < 4.78 is 46.1. The number of rotatable bonds is 19. The molecule has 0 radical (unpaired) electrons. The molecule has 3 aliphatic rings. The third-order valence-corrected chi connectivity index (χ3v) is 12.7. The number of hydrogen-bond donors (Lipinski definition) is 10. The quantitative estimate of drug-likeness (QED) is 0.0379. The molecule has 25 heteroatoms. The second kappa shape index (κ2) is 25.8. The van der Waals surface area contributed by atoms with Gasteiger partial charge in [0.2, 0.25) is 0 Å². The Hall–Kier alpha value is -2.95. The number of carboxylic acid groups (broad SMARTS) is 1. The number of nitrogens with one attached hydrogen (secondary N) is 3. The molecule has 67 heavy (non-hydrogen) atoms. The Balaban J connectivity index is 1.98. The molecular formula is C42H73N3O20S2. The lowest BCUT2D eigenvalue weighted by Gasteiger charge is -2.49. The molecule has 3 amide bonds. The lowest BCUT2D eigenvalue weighted by molar-refractivity contribution is -0.335. The topological polar surface area (TPSA) is 337 Å². The van der Waals surface area contributed by atoms with E-state index in [0.717, 1.165) is 0 Å². The Morgan fingerprint density at radius 3 is 1.49 bits per heavy atom. The van der Waals surface area contributed by atoms with E-state index >= 15 is 0 Å². The fourth-order valence-corrected chi connectivity index (χ4v) is 9.43. The molecular weight excluding hydrogens is 931 g/mol. The Kier molecular flexibility index (Phi) is 22.5. The van der Waals surface area contributed by atoms with Crippen molar-refractivity contribution in [2.75, 3.05) is 18.1 Å². The van der Waals surface area contributed by atoms with Gasteiger partial charge in [0.15, 0.2) is 18.7 Å². The van der Waals surface area contributed by atoms with Gasteiger partial charge in [-0.05, 0) is 88.0 Å². The van der Waals surface area contributed by atoms with Crippen LogP contribution in [0.15, 0.2) is 0 Å². The highest BCUT2D eigenvalue weighted by molar-refractivity contribution is 8.76. The van der Waals surface area contributed by atoms with Gasteiger partial charge in [-0.15, -0.1) is 0 Å². The molecule has 0 spiro atoms. The molecule has 3 rings (SSSR count). The molecule has 1 saturated carbocycles. The predicted molar refractivity (Wildman–Crippen MR) is 239 cm³/mol. The number of carbonyl (C=O) groups is 5. The number of hydrogen-bond acceptors (Lipinski definition) is 21. The van der Waals surface area contributed by atoms with Crippen LogP contribution in [0.3, 0.4) is 0 Å². The normalized spacial score (nSPS) is 32.6. The minimum atomic E-state index is -1.97. The molecule has 23 nitrogen and oxygen atoms in total. The lowest BCUT2D eigenvalue weighted by Crippen LogP contribution is -2.70. The number of alkyl carbamates (subject to hydrolysis) is 3. The molecule has 0 bridgehead atoms. The smallest absolute Gasteiger partial charge is 0.408 e. The third-order valence-electron chi connectivity index (χ3n) is 10.2. The first-order chi connectivity index (χ1) is 31.0. The molecule has 2 saturated heterocycles. The predicted octanol–water partition coefficient (Wildman–Crippen LogP) is 1.44. The second-order valence-corrected chi connectivity index (χ2v) is 22.1. The van der Waals surface area contributed by atoms with Crippen LogP contribution >= 0.6 is 21.6 Å². The summed E-state index contributed by atoms with van der Waals surface area (Å²) in [7, 11) is 2.92. The zero-order valence-corrected chi connectivity index (χ0v) is 41.4. The summed E-state index contributed by atoms with van der Waals surface area (Å²) in [5.74, 6) is -0.499. The molecule has 1 aliphatic carbocycles. The summed E-state index contributed by atoms with van der Waals surface area (Å²) in [5.41, 5.74) is -3.01. The number of ether oxygens (including phenoxy) is 8. The maximum absolute atomic E-state index is 13.4. The molecule has 0 aromatic carbocycles. The van der Waals surface area contributed by atoms with Crippen LogP contribution in [0.1, 0.15) is 108 Å².